The highest BCUT2D eigenvalue weighted by Gasteiger charge is 2.41. The molecule has 0 bridgehead atoms. The predicted octanol–water partition coefficient (Wildman–Crippen LogP) is 6.29. The number of rotatable bonds is 20. The van der Waals surface area contributed by atoms with Gasteiger partial charge in [0.2, 0.25) is 9.84 Å². The number of esters is 2. The molecule has 0 fully saturated rings. The summed E-state index contributed by atoms with van der Waals surface area (Å²) >= 11 is 0.697. The minimum atomic E-state index is -4.55. The molecule has 0 saturated heterocycles. The van der Waals surface area contributed by atoms with Crippen molar-refractivity contribution < 1.29 is 70.8 Å². The van der Waals surface area contributed by atoms with Crippen LogP contribution in [0.3, 0.4) is 0 Å². The van der Waals surface area contributed by atoms with E-state index in [1.54, 1.807) is 61.7 Å². The van der Waals surface area contributed by atoms with E-state index in [1.165, 1.54) is 69.5 Å². The summed E-state index contributed by atoms with van der Waals surface area (Å²) in [6.45, 7) is 2.89. The second-order valence-electron chi connectivity index (χ2n) is 13.8. The number of aliphatic hydroxyl groups excluding tert-OH is 1. The topological polar surface area (TPSA) is 256 Å². The molecule has 2 N–H and O–H groups in total. The fourth-order valence-corrected chi connectivity index (χ4v) is 7.28. The lowest BCUT2D eigenvalue weighted by atomic mass is 10.1. The lowest BCUT2D eigenvalue weighted by Crippen LogP contribution is -2.37. The van der Waals surface area contributed by atoms with Crippen LogP contribution < -0.4 is 14.5 Å². The summed E-state index contributed by atoms with van der Waals surface area (Å²) in [7, 11) is -1.48. The number of carbonyl (C=O) groups excluding carboxylic acids is 4. The van der Waals surface area contributed by atoms with Crippen molar-refractivity contribution in [2.24, 2.45) is 15.3 Å². The maximum absolute atomic E-state index is 13.1. The van der Waals surface area contributed by atoms with E-state index in [4.69, 9.17) is 28.2 Å². The van der Waals surface area contributed by atoms with Crippen molar-refractivity contribution in [2.75, 3.05) is 19.2 Å². The number of benzene rings is 4. The molecule has 340 valence electrons. The van der Waals surface area contributed by atoms with Crippen LogP contribution in [-0.2, 0) is 52.5 Å². The molecule has 0 radical (unpaired) electrons. The molecule has 21 heteroatoms. The van der Waals surface area contributed by atoms with Gasteiger partial charge in [-0.25, -0.2) is 32.6 Å². The fraction of sp³-hybridized carbons (Fsp3) is 0.227. The van der Waals surface area contributed by atoms with Crippen LogP contribution in [0.4, 0.5) is 11.4 Å². The van der Waals surface area contributed by atoms with Crippen LogP contribution >= 0.6 is 12.0 Å². The third-order valence-corrected chi connectivity index (χ3v) is 11.2. The van der Waals surface area contributed by atoms with E-state index in [0.717, 1.165) is 28.8 Å². The molecule has 4 aromatic rings. The maximum atomic E-state index is 13.1. The molecule has 65 heavy (non-hydrogen) atoms. The van der Waals surface area contributed by atoms with Gasteiger partial charge in [0.05, 0.1) is 55.4 Å². The van der Waals surface area contributed by atoms with Gasteiger partial charge < -0.3 is 29.2 Å². The Morgan fingerprint density at radius 2 is 1.29 bits per heavy atom. The molecule has 4 aromatic carbocycles. The van der Waals surface area contributed by atoms with Crippen LogP contribution in [0.5, 0.6) is 11.5 Å². The second-order valence-corrected chi connectivity index (χ2v) is 16.5. The first-order valence-electron chi connectivity index (χ1n) is 19.3. The van der Waals surface area contributed by atoms with E-state index in [0.29, 0.717) is 34.0 Å². The molecule has 1 aliphatic heterocycles. The van der Waals surface area contributed by atoms with E-state index in [9.17, 15) is 42.6 Å². The van der Waals surface area contributed by atoms with Crippen LogP contribution in [0.1, 0.15) is 37.8 Å². The summed E-state index contributed by atoms with van der Waals surface area (Å²) in [5, 5.41) is 32.6. The van der Waals surface area contributed by atoms with Gasteiger partial charge in [-0.3, -0.25) is 9.68 Å². The number of aliphatic carboxylic acids is 1. The highest BCUT2D eigenvalue weighted by atomic mass is 32.2. The Morgan fingerprint density at radius 3 is 1.80 bits per heavy atom. The summed E-state index contributed by atoms with van der Waals surface area (Å²) in [6.07, 6.45) is 0.933. The van der Waals surface area contributed by atoms with Gasteiger partial charge in [0.1, 0.15) is 23.7 Å². The zero-order valence-electron chi connectivity index (χ0n) is 35.1. The average Bonchev–Trinajstić information content (AvgIpc) is 3.63. The van der Waals surface area contributed by atoms with Crippen LogP contribution in [-0.4, -0.2) is 92.0 Å². The van der Waals surface area contributed by atoms with Gasteiger partial charge in [-0.05, 0) is 110 Å². The standard InChI is InChI=1S/C44H42N4O15S2/c1-27(60-37(49)23-9-29-5-15-33(58-3)16-6-29)25-39(51)62-63-64-35-19-11-31(12-20-35)45-46-41-42(44(54)55)47-48(43(41)53)32-13-21-36(22-14-32)65(56,57)40(52)26-28(2)61-38(50)24-10-30-7-17-34(59-4)18-8-30/h5-24,27-28,41,43,53H,25-26H2,1-4H3,(H,54,55)/b23-9?,24-10?,46-45+. The number of hydrogen-bond acceptors (Lipinski definition) is 19. The summed E-state index contributed by atoms with van der Waals surface area (Å²) in [5.41, 5.74) is 1.18. The fourth-order valence-electron chi connectivity index (χ4n) is 5.63. The third-order valence-electron chi connectivity index (χ3n) is 8.95. The van der Waals surface area contributed by atoms with E-state index >= 15 is 0 Å². The molecular weight excluding hydrogens is 889 g/mol. The smallest absolute Gasteiger partial charge is 0.354 e. The minimum Gasteiger partial charge on any atom is -0.497 e. The average molecular weight is 931 g/mol. The number of methoxy groups -OCH3 is 2. The monoisotopic (exact) mass is 930 g/mol. The molecule has 0 aromatic heterocycles. The summed E-state index contributed by atoms with van der Waals surface area (Å²) in [5.74, 6) is -2.44. The van der Waals surface area contributed by atoms with Crippen LogP contribution in [0, 0.1) is 0 Å². The van der Waals surface area contributed by atoms with Gasteiger partial charge in [-0.2, -0.15) is 15.3 Å². The van der Waals surface area contributed by atoms with Crippen molar-refractivity contribution in [3.05, 3.63) is 120 Å². The summed E-state index contributed by atoms with van der Waals surface area (Å²) in [6, 6.07) is 23.0. The number of aliphatic hydroxyl groups is 1. The van der Waals surface area contributed by atoms with Gasteiger partial charge in [0.15, 0.2) is 18.0 Å². The van der Waals surface area contributed by atoms with Crippen molar-refractivity contribution in [2.45, 2.75) is 61.0 Å². The second kappa shape index (κ2) is 22.9. The minimum absolute atomic E-state index is 0.0711. The van der Waals surface area contributed by atoms with Gasteiger partial charge in [-0.1, -0.05) is 24.3 Å². The number of anilines is 1. The first-order valence-corrected chi connectivity index (χ1v) is 21.6. The molecular formula is C44H42N4O15S2. The zero-order valence-corrected chi connectivity index (χ0v) is 36.7. The van der Waals surface area contributed by atoms with Crippen LogP contribution in [0.15, 0.2) is 134 Å². The molecule has 0 amide bonds. The lowest BCUT2D eigenvalue weighted by Gasteiger charge is -2.20. The van der Waals surface area contributed by atoms with E-state index < -0.39 is 80.3 Å². The molecule has 4 unspecified atom stereocenters. The molecule has 5 rings (SSSR count). The largest absolute Gasteiger partial charge is 0.497 e. The molecule has 1 heterocycles. The molecule has 4 atom stereocenters. The highest BCUT2D eigenvalue weighted by molar-refractivity contribution is 8.06. The van der Waals surface area contributed by atoms with Crippen molar-refractivity contribution in [3.63, 3.8) is 0 Å². The Balaban J connectivity index is 1.08. The molecule has 19 nitrogen and oxygen atoms in total. The van der Waals surface area contributed by atoms with Crippen LogP contribution in [0.25, 0.3) is 12.2 Å². The number of ether oxygens (including phenoxy) is 4. The van der Waals surface area contributed by atoms with Gasteiger partial charge in [0, 0.05) is 17.0 Å². The van der Waals surface area contributed by atoms with E-state index in [2.05, 4.69) is 15.3 Å². The third kappa shape index (κ3) is 14.1. The number of carboxylic acid groups (broad SMARTS) is 1. The first-order chi connectivity index (χ1) is 31.1. The Labute approximate surface area is 377 Å². The lowest BCUT2D eigenvalue weighted by molar-refractivity contribution is -0.208. The quantitative estimate of drug-likeness (QED) is 0.0247. The van der Waals surface area contributed by atoms with Gasteiger partial charge >= 0.3 is 23.9 Å². The first kappa shape index (κ1) is 48.8. The number of carboxylic acids is 1. The van der Waals surface area contributed by atoms with Crippen molar-refractivity contribution in [1.29, 1.82) is 0 Å². The number of nitrogens with zero attached hydrogens (tertiary/aromatic N) is 4. The summed E-state index contributed by atoms with van der Waals surface area (Å²) in [4.78, 5) is 66.4. The Bertz CT molecular complexity index is 2560. The predicted molar refractivity (Wildman–Crippen MR) is 234 cm³/mol. The number of sulfone groups is 1. The number of hydrogen-bond donors (Lipinski definition) is 2. The number of azo groups is 1. The molecule has 0 spiro atoms. The maximum Gasteiger partial charge on any atom is 0.354 e. The molecule has 0 saturated carbocycles. The molecule has 1 aliphatic rings. The normalized spacial score (nSPS) is 16.0. The van der Waals surface area contributed by atoms with Crippen LogP contribution in [0.2, 0.25) is 0 Å². The Hall–Kier alpha value is -7.20. The van der Waals surface area contributed by atoms with Crippen molar-refractivity contribution in [1.82, 2.24) is 0 Å². The number of hydrazone groups is 1. The SMILES string of the molecule is COc1ccc(C=CC(=O)OC(C)CC(=O)OOSc2ccc(/N=N/C3C(C(=O)O)=NN(c4ccc(S(=O)(=O)C(=O)CC(C)OC(=O)C=Cc5ccc(OC)cc5)cc4)C3O)cc2)cc1. The van der Waals surface area contributed by atoms with E-state index in [1.807, 2.05) is 0 Å². The Morgan fingerprint density at radius 1 is 0.769 bits per heavy atom. The van der Waals surface area contributed by atoms with Crippen molar-refractivity contribution in [3.8, 4) is 11.5 Å². The zero-order chi connectivity index (χ0) is 47.1. The highest BCUT2D eigenvalue weighted by Crippen LogP contribution is 2.29. The Kier molecular flexibility index (Phi) is 17.2. The molecule has 0 aliphatic carbocycles. The van der Waals surface area contributed by atoms with E-state index in [-0.39, 0.29) is 17.8 Å². The number of carbonyl (C=O) groups is 5. The summed E-state index contributed by atoms with van der Waals surface area (Å²) < 4.78 is 51.7. The van der Waals surface area contributed by atoms with Gasteiger partial charge in [0.25, 0.3) is 5.12 Å². The van der Waals surface area contributed by atoms with Gasteiger partial charge in [-0.15, -0.1) is 4.33 Å². The van der Waals surface area contributed by atoms with Crippen molar-refractivity contribution >= 4 is 80.1 Å².